The van der Waals surface area contributed by atoms with Crippen molar-refractivity contribution < 1.29 is 9.50 Å². The van der Waals surface area contributed by atoms with Crippen molar-refractivity contribution in [1.82, 2.24) is 0 Å². The van der Waals surface area contributed by atoms with E-state index in [9.17, 15) is 4.39 Å². The standard InChI is InChI=1S/C12H15FN2OS/c1-8(12(7-16)17-2)15-11-4-3-10(13)5-9(11)6-14/h3-5,8,12,15-16H,7H2,1-2H3/t8-,12+/m1/s1. The maximum atomic E-state index is 12.9. The first kappa shape index (κ1) is 13.8. The molecule has 0 aliphatic heterocycles. The van der Waals surface area contributed by atoms with Crippen molar-refractivity contribution in [2.75, 3.05) is 18.2 Å². The highest BCUT2D eigenvalue weighted by Gasteiger charge is 2.16. The minimum Gasteiger partial charge on any atom is -0.395 e. The lowest BCUT2D eigenvalue weighted by atomic mass is 10.1. The summed E-state index contributed by atoms with van der Waals surface area (Å²) in [5.41, 5.74) is 0.864. The van der Waals surface area contributed by atoms with E-state index in [0.717, 1.165) is 0 Å². The van der Waals surface area contributed by atoms with Crippen molar-refractivity contribution in [2.24, 2.45) is 0 Å². The van der Waals surface area contributed by atoms with Crippen LogP contribution in [0.4, 0.5) is 10.1 Å². The third-order valence-electron chi connectivity index (χ3n) is 2.53. The predicted octanol–water partition coefficient (Wildman–Crippen LogP) is 2.22. The SMILES string of the molecule is CS[C@@H](CO)[C@@H](C)Nc1ccc(F)cc1C#N. The zero-order chi connectivity index (χ0) is 12.8. The lowest BCUT2D eigenvalue weighted by Gasteiger charge is -2.22. The van der Waals surface area contributed by atoms with Crippen LogP contribution in [0.5, 0.6) is 0 Å². The maximum absolute atomic E-state index is 12.9. The van der Waals surface area contributed by atoms with Crippen LogP contribution in [-0.4, -0.2) is 29.3 Å². The molecule has 1 aromatic carbocycles. The van der Waals surface area contributed by atoms with E-state index in [1.54, 1.807) is 17.8 Å². The number of nitrogens with zero attached hydrogens (tertiary/aromatic N) is 1. The van der Waals surface area contributed by atoms with E-state index in [1.807, 2.05) is 19.2 Å². The highest BCUT2D eigenvalue weighted by Crippen LogP contribution is 2.20. The van der Waals surface area contributed by atoms with E-state index in [0.29, 0.717) is 5.69 Å². The van der Waals surface area contributed by atoms with Gasteiger partial charge in [0.2, 0.25) is 0 Å². The van der Waals surface area contributed by atoms with Gasteiger partial charge in [0.15, 0.2) is 0 Å². The third kappa shape index (κ3) is 3.62. The molecule has 2 atom stereocenters. The summed E-state index contributed by atoms with van der Waals surface area (Å²) in [4.78, 5) is 0. The zero-order valence-corrected chi connectivity index (χ0v) is 10.6. The Labute approximate surface area is 105 Å². The Morgan fingerprint density at radius 3 is 2.82 bits per heavy atom. The quantitative estimate of drug-likeness (QED) is 0.846. The molecule has 0 unspecified atom stereocenters. The molecule has 1 rings (SSSR count). The molecule has 92 valence electrons. The van der Waals surface area contributed by atoms with Gasteiger partial charge in [0, 0.05) is 11.3 Å². The molecule has 0 aromatic heterocycles. The summed E-state index contributed by atoms with van der Waals surface area (Å²) in [5.74, 6) is -0.427. The van der Waals surface area contributed by atoms with Gasteiger partial charge in [-0.15, -0.1) is 0 Å². The molecule has 0 spiro atoms. The van der Waals surface area contributed by atoms with Crippen LogP contribution < -0.4 is 5.32 Å². The van der Waals surface area contributed by atoms with Gasteiger partial charge in [-0.1, -0.05) is 0 Å². The molecule has 0 bridgehead atoms. The van der Waals surface area contributed by atoms with Crippen molar-refractivity contribution in [1.29, 1.82) is 5.26 Å². The summed E-state index contributed by atoms with van der Waals surface area (Å²) < 4.78 is 12.9. The highest BCUT2D eigenvalue weighted by molar-refractivity contribution is 7.99. The number of anilines is 1. The third-order valence-corrected chi connectivity index (χ3v) is 3.69. The van der Waals surface area contributed by atoms with Gasteiger partial charge in [-0.2, -0.15) is 17.0 Å². The number of rotatable bonds is 5. The number of hydrogen-bond donors (Lipinski definition) is 2. The molecule has 3 nitrogen and oxygen atoms in total. The monoisotopic (exact) mass is 254 g/mol. The van der Waals surface area contributed by atoms with Gasteiger partial charge in [-0.25, -0.2) is 4.39 Å². The first-order valence-electron chi connectivity index (χ1n) is 5.22. The second kappa shape index (κ2) is 6.48. The molecule has 0 saturated heterocycles. The average Bonchev–Trinajstić information content (AvgIpc) is 2.33. The van der Waals surface area contributed by atoms with Crippen LogP contribution in [0.15, 0.2) is 18.2 Å². The van der Waals surface area contributed by atoms with Gasteiger partial charge in [0.25, 0.3) is 0 Å². The molecular formula is C12H15FN2OS. The second-order valence-corrected chi connectivity index (χ2v) is 4.77. The van der Waals surface area contributed by atoms with E-state index in [-0.39, 0.29) is 23.5 Å². The molecule has 1 aromatic rings. The van der Waals surface area contributed by atoms with Crippen LogP contribution in [0.25, 0.3) is 0 Å². The summed E-state index contributed by atoms with van der Waals surface area (Å²) in [6.07, 6.45) is 1.91. The van der Waals surface area contributed by atoms with Crippen LogP contribution in [0.1, 0.15) is 12.5 Å². The molecular weight excluding hydrogens is 239 g/mol. The Balaban J connectivity index is 2.85. The molecule has 0 radical (unpaired) electrons. The Hall–Kier alpha value is -1.25. The molecule has 17 heavy (non-hydrogen) atoms. The Morgan fingerprint density at radius 2 is 2.29 bits per heavy atom. The smallest absolute Gasteiger partial charge is 0.124 e. The fourth-order valence-electron chi connectivity index (χ4n) is 1.51. The lowest BCUT2D eigenvalue weighted by Crippen LogP contribution is -2.31. The highest BCUT2D eigenvalue weighted by atomic mass is 32.2. The van der Waals surface area contributed by atoms with Gasteiger partial charge in [0.05, 0.1) is 17.9 Å². The Morgan fingerprint density at radius 1 is 1.59 bits per heavy atom. The van der Waals surface area contributed by atoms with E-state index < -0.39 is 5.82 Å². The van der Waals surface area contributed by atoms with Crippen molar-refractivity contribution in [2.45, 2.75) is 18.2 Å². The number of halogens is 1. The Kier molecular flexibility index (Phi) is 5.26. The second-order valence-electron chi connectivity index (χ2n) is 3.69. The van der Waals surface area contributed by atoms with E-state index in [4.69, 9.17) is 10.4 Å². The average molecular weight is 254 g/mol. The maximum Gasteiger partial charge on any atom is 0.124 e. The normalized spacial score (nSPS) is 13.8. The van der Waals surface area contributed by atoms with Crippen LogP contribution >= 0.6 is 11.8 Å². The first-order valence-corrected chi connectivity index (χ1v) is 6.51. The number of nitriles is 1. The van der Waals surface area contributed by atoms with Gasteiger partial charge in [0.1, 0.15) is 11.9 Å². The molecule has 0 heterocycles. The first-order chi connectivity index (χ1) is 8.12. The molecule has 0 saturated carbocycles. The molecule has 0 amide bonds. The summed E-state index contributed by atoms with van der Waals surface area (Å²) in [6.45, 7) is 1.97. The number of aliphatic hydroxyl groups excluding tert-OH is 1. The number of hydrogen-bond acceptors (Lipinski definition) is 4. The number of nitrogens with one attached hydrogen (secondary N) is 1. The summed E-state index contributed by atoms with van der Waals surface area (Å²) in [7, 11) is 0. The van der Waals surface area contributed by atoms with Crippen molar-refractivity contribution in [3.8, 4) is 6.07 Å². The minimum absolute atomic E-state index is 0.00689. The summed E-state index contributed by atoms with van der Waals surface area (Å²) in [5, 5.41) is 21.2. The topological polar surface area (TPSA) is 56.0 Å². The number of benzene rings is 1. The fourth-order valence-corrected chi connectivity index (χ4v) is 2.14. The number of aliphatic hydroxyl groups is 1. The predicted molar refractivity (Wildman–Crippen MR) is 68.6 cm³/mol. The minimum atomic E-state index is -0.427. The zero-order valence-electron chi connectivity index (χ0n) is 9.77. The molecule has 0 fully saturated rings. The molecule has 2 N–H and O–H groups in total. The molecule has 0 aliphatic rings. The van der Waals surface area contributed by atoms with Crippen molar-refractivity contribution in [3.63, 3.8) is 0 Å². The van der Waals surface area contributed by atoms with Crippen LogP contribution in [0.2, 0.25) is 0 Å². The number of thioether (sulfide) groups is 1. The fraction of sp³-hybridized carbons (Fsp3) is 0.417. The molecule has 5 heteroatoms. The summed E-state index contributed by atoms with van der Waals surface area (Å²) in [6, 6.07) is 5.98. The van der Waals surface area contributed by atoms with E-state index in [1.165, 1.54) is 12.1 Å². The molecule has 0 aliphatic carbocycles. The van der Waals surface area contributed by atoms with Gasteiger partial charge < -0.3 is 10.4 Å². The van der Waals surface area contributed by atoms with Crippen molar-refractivity contribution in [3.05, 3.63) is 29.6 Å². The van der Waals surface area contributed by atoms with Crippen LogP contribution in [-0.2, 0) is 0 Å². The van der Waals surface area contributed by atoms with Gasteiger partial charge in [-0.3, -0.25) is 0 Å². The largest absolute Gasteiger partial charge is 0.395 e. The van der Waals surface area contributed by atoms with Crippen LogP contribution in [0, 0.1) is 17.1 Å². The van der Waals surface area contributed by atoms with E-state index >= 15 is 0 Å². The van der Waals surface area contributed by atoms with Crippen molar-refractivity contribution >= 4 is 17.4 Å². The Bertz CT molecular complexity index is 415. The summed E-state index contributed by atoms with van der Waals surface area (Å²) >= 11 is 1.54. The van der Waals surface area contributed by atoms with Gasteiger partial charge in [-0.05, 0) is 31.4 Å². The lowest BCUT2D eigenvalue weighted by molar-refractivity contribution is 0.288. The van der Waals surface area contributed by atoms with E-state index in [2.05, 4.69) is 5.32 Å². The van der Waals surface area contributed by atoms with Crippen LogP contribution in [0.3, 0.4) is 0 Å². The van der Waals surface area contributed by atoms with Gasteiger partial charge >= 0.3 is 0 Å².